The van der Waals surface area contributed by atoms with Crippen molar-refractivity contribution in [2.45, 2.75) is 25.7 Å². The topological polar surface area (TPSA) is 69.6 Å². The molecule has 0 atom stereocenters. The summed E-state index contributed by atoms with van der Waals surface area (Å²) in [5.41, 5.74) is 0.342. The molecule has 1 aromatic rings. The number of aromatic hydroxyl groups is 2. The van der Waals surface area contributed by atoms with E-state index in [1.165, 1.54) is 18.2 Å². The number of rotatable bonds is 4. The molecule has 5 heteroatoms. The van der Waals surface area contributed by atoms with E-state index < -0.39 is 0 Å². The summed E-state index contributed by atoms with van der Waals surface area (Å²) in [6.07, 6.45) is 4.39. The van der Waals surface area contributed by atoms with E-state index in [2.05, 4.69) is 5.32 Å². The third-order valence-electron chi connectivity index (χ3n) is 3.81. The molecule has 2 rings (SSSR count). The van der Waals surface area contributed by atoms with Crippen molar-refractivity contribution in [3.8, 4) is 11.5 Å². The first-order valence-electron chi connectivity index (χ1n) is 6.42. The predicted octanol–water partition coefficient (Wildman–Crippen LogP) is 2.63. The van der Waals surface area contributed by atoms with Crippen LogP contribution in [0.25, 0.3) is 0 Å². The minimum absolute atomic E-state index is 0.0101. The summed E-state index contributed by atoms with van der Waals surface area (Å²) >= 11 is 6.02. The van der Waals surface area contributed by atoms with Crippen LogP contribution in [0.4, 0.5) is 0 Å². The monoisotopic (exact) mass is 283 g/mol. The predicted molar refractivity (Wildman–Crippen MR) is 73.7 cm³/mol. The Morgan fingerprint density at radius 3 is 2.53 bits per heavy atom. The van der Waals surface area contributed by atoms with Crippen LogP contribution < -0.4 is 5.32 Å². The molecule has 1 aliphatic rings. The number of alkyl halides is 1. The molecule has 3 N–H and O–H groups in total. The molecule has 0 bridgehead atoms. The molecule has 0 heterocycles. The lowest BCUT2D eigenvalue weighted by molar-refractivity contribution is 0.0934. The number of phenols is 2. The van der Waals surface area contributed by atoms with Crippen molar-refractivity contribution in [3.63, 3.8) is 0 Å². The van der Waals surface area contributed by atoms with Gasteiger partial charge in [0, 0.05) is 23.4 Å². The molecular formula is C14H18ClNO3. The van der Waals surface area contributed by atoms with Crippen molar-refractivity contribution < 1.29 is 15.0 Å². The molecule has 0 radical (unpaired) electrons. The average Bonchev–Trinajstić information content (AvgIpc) is 2.89. The standard InChI is InChI=1S/C14H18ClNO3/c15-8-14(5-1-2-6-14)9-16-13(19)10-3-4-11(17)12(18)7-10/h3-4,7,17-18H,1-2,5-6,8-9H2,(H,16,19). The highest BCUT2D eigenvalue weighted by Gasteiger charge is 2.33. The van der Waals surface area contributed by atoms with Crippen LogP contribution in [0.15, 0.2) is 18.2 Å². The Labute approximate surface area is 117 Å². The third kappa shape index (κ3) is 3.13. The van der Waals surface area contributed by atoms with Gasteiger partial charge in [-0.25, -0.2) is 0 Å². The van der Waals surface area contributed by atoms with E-state index in [1.807, 2.05) is 0 Å². The fourth-order valence-corrected chi connectivity index (χ4v) is 2.88. The largest absolute Gasteiger partial charge is 0.504 e. The van der Waals surface area contributed by atoms with E-state index in [4.69, 9.17) is 11.6 Å². The fourth-order valence-electron chi connectivity index (χ4n) is 2.52. The van der Waals surface area contributed by atoms with Gasteiger partial charge in [-0.2, -0.15) is 0 Å². The minimum Gasteiger partial charge on any atom is -0.504 e. The Morgan fingerprint density at radius 1 is 1.26 bits per heavy atom. The van der Waals surface area contributed by atoms with E-state index in [1.54, 1.807) is 0 Å². The van der Waals surface area contributed by atoms with E-state index in [9.17, 15) is 15.0 Å². The Morgan fingerprint density at radius 2 is 1.95 bits per heavy atom. The number of carbonyl (C=O) groups is 1. The number of hydrogen-bond acceptors (Lipinski definition) is 3. The number of phenolic OH excluding ortho intramolecular Hbond substituents is 2. The van der Waals surface area contributed by atoms with Crippen LogP contribution in [-0.2, 0) is 0 Å². The number of hydrogen-bond donors (Lipinski definition) is 3. The Bertz CT molecular complexity index is 470. The first-order valence-corrected chi connectivity index (χ1v) is 6.96. The number of nitrogens with one attached hydrogen (secondary N) is 1. The molecule has 1 amide bonds. The van der Waals surface area contributed by atoms with Gasteiger partial charge in [0.05, 0.1) is 0 Å². The van der Waals surface area contributed by atoms with Crippen LogP contribution in [0.5, 0.6) is 11.5 Å². The molecule has 0 unspecified atom stereocenters. The van der Waals surface area contributed by atoms with Gasteiger partial charge in [0.15, 0.2) is 11.5 Å². The zero-order valence-corrected chi connectivity index (χ0v) is 11.4. The van der Waals surface area contributed by atoms with Crippen molar-refractivity contribution in [1.82, 2.24) is 5.32 Å². The van der Waals surface area contributed by atoms with Crippen LogP contribution in [-0.4, -0.2) is 28.5 Å². The van der Waals surface area contributed by atoms with Crippen molar-refractivity contribution in [2.75, 3.05) is 12.4 Å². The zero-order valence-electron chi connectivity index (χ0n) is 10.7. The van der Waals surface area contributed by atoms with E-state index in [0.717, 1.165) is 25.7 Å². The van der Waals surface area contributed by atoms with Gasteiger partial charge >= 0.3 is 0 Å². The molecule has 1 aliphatic carbocycles. The summed E-state index contributed by atoms with van der Waals surface area (Å²) in [5.74, 6) is -0.231. The molecule has 0 aromatic heterocycles. The minimum atomic E-state index is -0.291. The lowest BCUT2D eigenvalue weighted by Gasteiger charge is -2.26. The molecule has 1 aromatic carbocycles. The van der Waals surface area contributed by atoms with Crippen molar-refractivity contribution in [2.24, 2.45) is 5.41 Å². The van der Waals surface area contributed by atoms with Crippen molar-refractivity contribution >= 4 is 17.5 Å². The molecule has 19 heavy (non-hydrogen) atoms. The van der Waals surface area contributed by atoms with Gasteiger partial charge in [0.2, 0.25) is 0 Å². The van der Waals surface area contributed by atoms with Gasteiger partial charge in [-0.05, 0) is 31.0 Å². The summed E-state index contributed by atoms with van der Waals surface area (Å²) in [6.45, 7) is 0.553. The van der Waals surface area contributed by atoms with E-state index in [-0.39, 0.29) is 22.8 Å². The van der Waals surface area contributed by atoms with Crippen LogP contribution >= 0.6 is 11.6 Å². The van der Waals surface area contributed by atoms with Gasteiger partial charge < -0.3 is 15.5 Å². The first kappa shape index (κ1) is 14.0. The lowest BCUT2D eigenvalue weighted by Crippen LogP contribution is -2.37. The lowest BCUT2D eigenvalue weighted by atomic mass is 9.88. The van der Waals surface area contributed by atoms with Gasteiger partial charge in [0.1, 0.15) is 0 Å². The summed E-state index contributed by atoms with van der Waals surface area (Å²) in [5, 5.41) is 21.4. The highest BCUT2D eigenvalue weighted by atomic mass is 35.5. The van der Waals surface area contributed by atoms with Crippen molar-refractivity contribution in [1.29, 1.82) is 0 Å². The second-order valence-electron chi connectivity index (χ2n) is 5.23. The SMILES string of the molecule is O=C(NCC1(CCl)CCCC1)c1ccc(O)c(O)c1. The number of benzene rings is 1. The summed E-state index contributed by atoms with van der Waals surface area (Å²) in [6, 6.07) is 4.04. The third-order valence-corrected chi connectivity index (χ3v) is 4.38. The molecule has 0 saturated heterocycles. The highest BCUT2D eigenvalue weighted by molar-refractivity contribution is 6.18. The van der Waals surface area contributed by atoms with Crippen molar-refractivity contribution in [3.05, 3.63) is 23.8 Å². The molecule has 4 nitrogen and oxygen atoms in total. The molecule has 0 spiro atoms. The second-order valence-corrected chi connectivity index (χ2v) is 5.49. The normalized spacial score (nSPS) is 17.3. The Balaban J connectivity index is 1.99. The fraction of sp³-hybridized carbons (Fsp3) is 0.500. The maximum absolute atomic E-state index is 12.0. The molecule has 104 valence electrons. The quantitative estimate of drug-likeness (QED) is 0.588. The zero-order chi connectivity index (χ0) is 13.9. The van der Waals surface area contributed by atoms with Gasteiger partial charge in [-0.3, -0.25) is 4.79 Å². The number of amides is 1. The van der Waals surface area contributed by atoms with E-state index in [0.29, 0.717) is 18.0 Å². The molecule has 1 fully saturated rings. The van der Waals surface area contributed by atoms with Crippen LogP contribution in [0.2, 0.25) is 0 Å². The summed E-state index contributed by atoms with van der Waals surface area (Å²) in [4.78, 5) is 12.0. The summed E-state index contributed by atoms with van der Waals surface area (Å²) in [7, 11) is 0. The number of carbonyl (C=O) groups excluding carboxylic acids is 1. The first-order chi connectivity index (χ1) is 9.06. The molecule has 0 aliphatic heterocycles. The van der Waals surface area contributed by atoms with Gasteiger partial charge in [-0.1, -0.05) is 12.8 Å². The average molecular weight is 284 g/mol. The van der Waals surface area contributed by atoms with Crippen LogP contribution in [0.1, 0.15) is 36.0 Å². The number of halogens is 1. The van der Waals surface area contributed by atoms with Crippen LogP contribution in [0.3, 0.4) is 0 Å². The molecule has 1 saturated carbocycles. The second kappa shape index (κ2) is 5.70. The maximum Gasteiger partial charge on any atom is 0.251 e. The smallest absolute Gasteiger partial charge is 0.251 e. The Hall–Kier alpha value is -1.42. The maximum atomic E-state index is 12.0. The van der Waals surface area contributed by atoms with E-state index >= 15 is 0 Å². The summed E-state index contributed by atoms with van der Waals surface area (Å²) < 4.78 is 0. The molecular weight excluding hydrogens is 266 g/mol. The van der Waals surface area contributed by atoms with Crippen LogP contribution in [0, 0.1) is 5.41 Å². The Kier molecular flexibility index (Phi) is 4.20. The highest BCUT2D eigenvalue weighted by Crippen LogP contribution is 2.38. The van der Waals surface area contributed by atoms with Gasteiger partial charge in [-0.15, -0.1) is 11.6 Å². The van der Waals surface area contributed by atoms with Gasteiger partial charge in [0.25, 0.3) is 5.91 Å².